The lowest BCUT2D eigenvalue weighted by Gasteiger charge is -2.34. The van der Waals surface area contributed by atoms with Crippen molar-refractivity contribution in [2.75, 3.05) is 18.6 Å². The van der Waals surface area contributed by atoms with Gasteiger partial charge in [-0.3, -0.25) is 0 Å². The molecule has 2 aromatic carbocycles. The molecule has 0 unspecified atom stereocenters. The number of ether oxygens (including phenoxy) is 2. The smallest absolute Gasteiger partial charge is 0.134 e. The van der Waals surface area contributed by atoms with Crippen LogP contribution in [-0.2, 0) is 0 Å². The molecule has 3 aromatic rings. The number of fused-ring (bicyclic) bond motifs is 2. The second-order valence-corrected chi connectivity index (χ2v) is 8.14. The number of benzene rings is 2. The summed E-state index contributed by atoms with van der Waals surface area (Å²) < 4.78 is 13.0. The van der Waals surface area contributed by atoms with Gasteiger partial charge in [-0.2, -0.15) is 0 Å². The molecule has 0 aliphatic carbocycles. The van der Waals surface area contributed by atoms with Crippen molar-refractivity contribution in [1.82, 2.24) is 0 Å². The van der Waals surface area contributed by atoms with Crippen molar-refractivity contribution in [3.8, 4) is 11.5 Å². The summed E-state index contributed by atoms with van der Waals surface area (Å²) in [5.41, 5.74) is 2.26. The van der Waals surface area contributed by atoms with Crippen LogP contribution in [0.3, 0.4) is 0 Å². The number of thiophene rings is 1. The SMILES string of the molecule is COc1ccc2c(c1)N(C(C)C)CC=C2Oc1ccc2cc(C)sc2c1. The van der Waals surface area contributed by atoms with E-state index in [1.165, 1.54) is 15.0 Å². The Kier molecular flexibility index (Phi) is 4.37. The van der Waals surface area contributed by atoms with Crippen LogP contribution in [0.4, 0.5) is 5.69 Å². The molecular formula is C22H23NO2S. The predicted octanol–water partition coefficient (Wildman–Crippen LogP) is 5.87. The van der Waals surface area contributed by atoms with Crippen molar-refractivity contribution >= 4 is 32.9 Å². The first-order valence-corrected chi connectivity index (χ1v) is 9.70. The van der Waals surface area contributed by atoms with E-state index < -0.39 is 0 Å². The zero-order chi connectivity index (χ0) is 18.3. The predicted molar refractivity (Wildman–Crippen MR) is 111 cm³/mol. The largest absolute Gasteiger partial charge is 0.497 e. The van der Waals surface area contributed by atoms with E-state index in [1.807, 2.05) is 12.1 Å². The average Bonchev–Trinajstić information content (AvgIpc) is 3.00. The summed E-state index contributed by atoms with van der Waals surface area (Å²) in [5.74, 6) is 2.66. The summed E-state index contributed by atoms with van der Waals surface area (Å²) in [6, 6.07) is 15.1. The van der Waals surface area contributed by atoms with Crippen molar-refractivity contribution < 1.29 is 9.47 Å². The number of anilines is 1. The topological polar surface area (TPSA) is 21.7 Å². The van der Waals surface area contributed by atoms with Crippen LogP contribution in [-0.4, -0.2) is 19.7 Å². The van der Waals surface area contributed by atoms with Crippen LogP contribution in [0.1, 0.15) is 24.3 Å². The zero-order valence-corrected chi connectivity index (χ0v) is 16.4. The molecule has 1 aromatic heterocycles. The van der Waals surface area contributed by atoms with Gasteiger partial charge in [0.25, 0.3) is 0 Å². The molecule has 2 heterocycles. The monoisotopic (exact) mass is 365 g/mol. The lowest BCUT2D eigenvalue weighted by atomic mass is 10.0. The van der Waals surface area contributed by atoms with Gasteiger partial charge < -0.3 is 14.4 Å². The van der Waals surface area contributed by atoms with Crippen molar-refractivity contribution in [2.45, 2.75) is 26.8 Å². The first kappa shape index (κ1) is 17.0. The van der Waals surface area contributed by atoms with Gasteiger partial charge in [0.15, 0.2) is 0 Å². The highest BCUT2D eigenvalue weighted by atomic mass is 32.1. The third-order valence-corrected chi connectivity index (χ3v) is 5.73. The maximum atomic E-state index is 6.30. The lowest BCUT2D eigenvalue weighted by Crippen LogP contribution is -2.34. The molecule has 3 nitrogen and oxygen atoms in total. The van der Waals surface area contributed by atoms with Crippen LogP contribution in [0.15, 0.2) is 48.5 Å². The zero-order valence-electron chi connectivity index (χ0n) is 15.6. The first-order chi connectivity index (χ1) is 12.5. The van der Waals surface area contributed by atoms with Gasteiger partial charge >= 0.3 is 0 Å². The van der Waals surface area contributed by atoms with E-state index in [4.69, 9.17) is 9.47 Å². The summed E-state index contributed by atoms with van der Waals surface area (Å²) in [7, 11) is 1.70. The molecule has 0 radical (unpaired) electrons. The van der Waals surface area contributed by atoms with Crippen LogP contribution >= 0.6 is 11.3 Å². The van der Waals surface area contributed by atoms with Gasteiger partial charge in [-0.1, -0.05) is 0 Å². The second-order valence-electron chi connectivity index (χ2n) is 6.86. The van der Waals surface area contributed by atoms with Crippen LogP contribution < -0.4 is 14.4 Å². The number of hydrogen-bond acceptors (Lipinski definition) is 4. The minimum absolute atomic E-state index is 0.407. The highest BCUT2D eigenvalue weighted by Gasteiger charge is 2.23. The van der Waals surface area contributed by atoms with E-state index in [9.17, 15) is 0 Å². The first-order valence-electron chi connectivity index (χ1n) is 8.88. The number of nitrogens with zero attached hydrogens (tertiary/aromatic N) is 1. The molecule has 0 N–H and O–H groups in total. The van der Waals surface area contributed by atoms with E-state index in [0.29, 0.717) is 6.04 Å². The Balaban J connectivity index is 1.70. The second kappa shape index (κ2) is 6.69. The molecule has 0 fully saturated rings. The van der Waals surface area contributed by atoms with Gasteiger partial charge in [0.1, 0.15) is 17.3 Å². The number of aryl methyl sites for hydroxylation is 1. The number of methoxy groups -OCH3 is 1. The number of rotatable bonds is 4. The fraction of sp³-hybridized carbons (Fsp3) is 0.273. The quantitative estimate of drug-likeness (QED) is 0.577. The van der Waals surface area contributed by atoms with Gasteiger partial charge in [-0.05, 0) is 68.6 Å². The highest BCUT2D eigenvalue weighted by Crippen LogP contribution is 2.37. The molecule has 4 heteroatoms. The molecule has 1 aliphatic heterocycles. The summed E-state index contributed by atoms with van der Waals surface area (Å²) in [4.78, 5) is 3.68. The van der Waals surface area contributed by atoms with Crippen molar-refractivity contribution in [3.63, 3.8) is 0 Å². The summed E-state index contributed by atoms with van der Waals surface area (Å²) >= 11 is 1.80. The highest BCUT2D eigenvalue weighted by molar-refractivity contribution is 7.19. The Morgan fingerprint density at radius 2 is 1.85 bits per heavy atom. The van der Waals surface area contributed by atoms with E-state index in [2.05, 4.69) is 62.1 Å². The summed E-state index contributed by atoms with van der Waals surface area (Å²) in [5, 5.41) is 1.27. The molecule has 26 heavy (non-hydrogen) atoms. The maximum Gasteiger partial charge on any atom is 0.134 e. The molecule has 0 bridgehead atoms. The van der Waals surface area contributed by atoms with E-state index in [0.717, 1.165) is 35.1 Å². The normalized spacial score (nSPS) is 13.7. The van der Waals surface area contributed by atoms with Crippen molar-refractivity contribution in [1.29, 1.82) is 0 Å². The van der Waals surface area contributed by atoms with Gasteiger partial charge in [0.05, 0.1) is 12.8 Å². The molecule has 0 saturated carbocycles. The van der Waals surface area contributed by atoms with E-state index in [-0.39, 0.29) is 0 Å². The van der Waals surface area contributed by atoms with Gasteiger partial charge in [-0.25, -0.2) is 0 Å². The molecule has 4 rings (SSSR count). The van der Waals surface area contributed by atoms with Crippen LogP contribution in [0.25, 0.3) is 15.8 Å². The third-order valence-electron chi connectivity index (χ3n) is 4.72. The Morgan fingerprint density at radius 3 is 2.62 bits per heavy atom. The Bertz CT molecular complexity index is 987. The molecule has 0 saturated heterocycles. The minimum Gasteiger partial charge on any atom is -0.497 e. The fourth-order valence-corrected chi connectivity index (χ4v) is 4.35. The molecule has 0 amide bonds. The van der Waals surface area contributed by atoms with Crippen LogP contribution in [0.2, 0.25) is 0 Å². The standard InChI is InChI=1S/C22H23NO2S/c1-14(2)23-10-9-21(19-8-7-17(24-4)12-20(19)23)25-18-6-5-16-11-15(3)26-22(16)13-18/h5-9,11-14H,10H2,1-4H3. The molecule has 0 atom stereocenters. The lowest BCUT2D eigenvalue weighted by molar-refractivity contribution is 0.414. The van der Waals surface area contributed by atoms with E-state index >= 15 is 0 Å². The number of hydrogen-bond donors (Lipinski definition) is 0. The van der Waals surface area contributed by atoms with Crippen LogP contribution in [0, 0.1) is 6.92 Å². The Labute approximate surface area is 158 Å². The third kappa shape index (κ3) is 3.06. The summed E-state index contributed by atoms with van der Waals surface area (Å²) in [6.45, 7) is 7.37. The molecule has 134 valence electrons. The molecule has 0 spiro atoms. The molecule has 1 aliphatic rings. The average molecular weight is 365 g/mol. The molecular weight excluding hydrogens is 342 g/mol. The maximum absolute atomic E-state index is 6.30. The van der Waals surface area contributed by atoms with Gasteiger partial charge in [0, 0.05) is 33.8 Å². The van der Waals surface area contributed by atoms with Crippen molar-refractivity contribution in [3.05, 3.63) is 59.0 Å². The van der Waals surface area contributed by atoms with Crippen LogP contribution in [0.5, 0.6) is 11.5 Å². The van der Waals surface area contributed by atoms with Gasteiger partial charge in [-0.15, -0.1) is 11.3 Å². The Hall–Kier alpha value is -2.46. The van der Waals surface area contributed by atoms with E-state index in [1.54, 1.807) is 18.4 Å². The van der Waals surface area contributed by atoms with Gasteiger partial charge in [0.2, 0.25) is 0 Å². The van der Waals surface area contributed by atoms with Crippen molar-refractivity contribution in [2.24, 2.45) is 0 Å². The fourth-order valence-electron chi connectivity index (χ4n) is 3.39. The minimum atomic E-state index is 0.407. The Morgan fingerprint density at radius 1 is 1.04 bits per heavy atom. The summed E-state index contributed by atoms with van der Waals surface area (Å²) in [6.07, 6.45) is 2.17.